The van der Waals surface area contributed by atoms with Crippen LogP contribution < -0.4 is 10.2 Å². The van der Waals surface area contributed by atoms with E-state index in [1.54, 1.807) is 0 Å². The summed E-state index contributed by atoms with van der Waals surface area (Å²) in [6.07, 6.45) is 0. The van der Waals surface area contributed by atoms with Gasteiger partial charge in [-0.05, 0) is 30.8 Å². The first-order chi connectivity index (χ1) is 9.22. The van der Waals surface area contributed by atoms with Crippen molar-refractivity contribution in [1.29, 1.82) is 0 Å². The van der Waals surface area contributed by atoms with Gasteiger partial charge < -0.3 is 15.1 Å². The second-order valence-corrected chi connectivity index (χ2v) is 4.92. The van der Waals surface area contributed by atoms with Crippen LogP contribution >= 0.6 is 11.6 Å². The lowest BCUT2D eigenvalue weighted by Crippen LogP contribution is -2.46. The predicted octanol–water partition coefficient (Wildman–Crippen LogP) is 2.01. The van der Waals surface area contributed by atoms with Gasteiger partial charge in [-0.25, -0.2) is 0 Å². The second-order valence-electron chi connectivity index (χ2n) is 4.65. The molecule has 1 aliphatic rings. The Bertz CT molecular complexity index is 413. The molecule has 0 aromatic heterocycles. The number of nitrogens with zero attached hydrogens (tertiary/aromatic N) is 2. The summed E-state index contributed by atoms with van der Waals surface area (Å²) >= 11 is 5.46. The van der Waals surface area contributed by atoms with E-state index in [-0.39, 0.29) is 11.8 Å². The number of rotatable bonds is 4. The van der Waals surface area contributed by atoms with Crippen molar-refractivity contribution in [3.63, 3.8) is 0 Å². The molecule has 1 aliphatic heterocycles. The van der Waals surface area contributed by atoms with Crippen LogP contribution in [0.25, 0.3) is 0 Å². The fraction of sp³-hybridized carbons (Fsp3) is 0.500. The van der Waals surface area contributed by atoms with E-state index < -0.39 is 0 Å². The molecule has 2 rings (SSSR count). The molecule has 4 nitrogen and oxygen atoms in total. The molecule has 1 saturated heterocycles. The van der Waals surface area contributed by atoms with Crippen molar-refractivity contribution in [3.05, 3.63) is 24.3 Å². The standard InChI is InChI=1S/C14H20ClN3O/c1-2-17-7-9-18(10-8-17)13-5-3-12(4-6-13)16-14(19)11-15/h3-6H,2,7-11H2,1H3,(H,16,19). The van der Waals surface area contributed by atoms with Crippen molar-refractivity contribution in [3.8, 4) is 0 Å². The normalized spacial score (nSPS) is 16.4. The van der Waals surface area contributed by atoms with Crippen LogP contribution in [-0.2, 0) is 4.79 Å². The van der Waals surface area contributed by atoms with Gasteiger partial charge in [-0.2, -0.15) is 0 Å². The number of benzene rings is 1. The lowest BCUT2D eigenvalue weighted by Gasteiger charge is -2.35. The Morgan fingerprint density at radius 1 is 1.21 bits per heavy atom. The zero-order chi connectivity index (χ0) is 13.7. The Kier molecular flexibility index (Phi) is 5.05. The summed E-state index contributed by atoms with van der Waals surface area (Å²) in [5, 5.41) is 2.74. The van der Waals surface area contributed by atoms with Gasteiger partial charge in [0.25, 0.3) is 0 Å². The molecule has 1 N–H and O–H groups in total. The first-order valence-electron chi connectivity index (χ1n) is 6.66. The minimum atomic E-state index is -0.175. The third-order valence-corrected chi connectivity index (χ3v) is 3.70. The van der Waals surface area contributed by atoms with E-state index in [9.17, 15) is 4.79 Å². The summed E-state index contributed by atoms with van der Waals surface area (Å²) in [6.45, 7) is 7.66. The Hall–Kier alpha value is -1.26. The van der Waals surface area contributed by atoms with Gasteiger partial charge in [0, 0.05) is 37.6 Å². The van der Waals surface area contributed by atoms with Crippen molar-refractivity contribution in [2.75, 3.05) is 48.8 Å². The number of anilines is 2. The lowest BCUT2D eigenvalue weighted by molar-refractivity contribution is -0.113. The van der Waals surface area contributed by atoms with Gasteiger partial charge in [0.05, 0.1) is 0 Å². The summed E-state index contributed by atoms with van der Waals surface area (Å²) in [6, 6.07) is 7.94. The zero-order valence-corrected chi connectivity index (χ0v) is 12.0. The van der Waals surface area contributed by atoms with Crippen molar-refractivity contribution in [2.24, 2.45) is 0 Å². The molecule has 1 amide bonds. The zero-order valence-electron chi connectivity index (χ0n) is 11.2. The van der Waals surface area contributed by atoms with Crippen LogP contribution in [0.3, 0.4) is 0 Å². The fourth-order valence-corrected chi connectivity index (χ4v) is 2.34. The van der Waals surface area contributed by atoms with Crippen molar-refractivity contribution in [2.45, 2.75) is 6.92 Å². The van der Waals surface area contributed by atoms with Gasteiger partial charge in [0.1, 0.15) is 5.88 Å². The topological polar surface area (TPSA) is 35.6 Å². The Morgan fingerprint density at radius 2 is 1.84 bits per heavy atom. The SMILES string of the molecule is CCN1CCN(c2ccc(NC(=O)CCl)cc2)CC1. The van der Waals surface area contributed by atoms with Crippen LogP contribution in [-0.4, -0.2) is 49.4 Å². The highest BCUT2D eigenvalue weighted by Gasteiger charge is 2.15. The van der Waals surface area contributed by atoms with Gasteiger partial charge >= 0.3 is 0 Å². The average Bonchev–Trinajstić information content (AvgIpc) is 2.48. The van der Waals surface area contributed by atoms with E-state index in [0.29, 0.717) is 0 Å². The number of carbonyl (C=O) groups is 1. The van der Waals surface area contributed by atoms with Gasteiger partial charge in [0.2, 0.25) is 5.91 Å². The maximum absolute atomic E-state index is 11.2. The van der Waals surface area contributed by atoms with Crippen LogP contribution in [0, 0.1) is 0 Å². The summed E-state index contributed by atoms with van der Waals surface area (Å²) in [4.78, 5) is 16.0. The molecular formula is C14H20ClN3O. The molecule has 1 heterocycles. The quantitative estimate of drug-likeness (QED) is 0.858. The van der Waals surface area contributed by atoms with Crippen molar-refractivity contribution < 1.29 is 4.79 Å². The lowest BCUT2D eigenvalue weighted by atomic mass is 10.2. The molecule has 0 atom stereocenters. The minimum absolute atomic E-state index is 0.0132. The van der Waals surface area contributed by atoms with E-state index >= 15 is 0 Å². The van der Waals surface area contributed by atoms with Gasteiger partial charge in [-0.15, -0.1) is 11.6 Å². The molecule has 0 saturated carbocycles. The number of halogens is 1. The van der Waals surface area contributed by atoms with E-state index in [1.165, 1.54) is 5.69 Å². The van der Waals surface area contributed by atoms with Crippen LogP contribution in [0.2, 0.25) is 0 Å². The number of carbonyl (C=O) groups excluding carboxylic acids is 1. The molecule has 0 bridgehead atoms. The van der Waals surface area contributed by atoms with Crippen LogP contribution in [0.4, 0.5) is 11.4 Å². The molecule has 1 aromatic rings. The Balaban J connectivity index is 1.93. The van der Waals surface area contributed by atoms with Gasteiger partial charge in [-0.1, -0.05) is 6.92 Å². The van der Waals surface area contributed by atoms with Crippen LogP contribution in [0.1, 0.15) is 6.92 Å². The van der Waals surface area contributed by atoms with Crippen molar-refractivity contribution in [1.82, 2.24) is 4.90 Å². The molecule has 0 aliphatic carbocycles. The average molecular weight is 282 g/mol. The third-order valence-electron chi connectivity index (χ3n) is 3.46. The smallest absolute Gasteiger partial charge is 0.239 e. The highest BCUT2D eigenvalue weighted by Crippen LogP contribution is 2.19. The fourth-order valence-electron chi connectivity index (χ4n) is 2.27. The van der Waals surface area contributed by atoms with Gasteiger partial charge in [0.15, 0.2) is 0 Å². The molecule has 1 fully saturated rings. The highest BCUT2D eigenvalue weighted by atomic mass is 35.5. The first kappa shape index (κ1) is 14.2. The van der Waals surface area contributed by atoms with E-state index in [1.807, 2.05) is 24.3 Å². The molecule has 0 unspecified atom stereocenters. The van der Waals surface area contributed by atoms with E-state index in [2.05, 4.69) is 22.0 Å². The number of likely N-dealkylation sites (N-methyl/N-ethyl adjacent to an activating group) is 1. The first-order valence-corrected chi connectivity index (χ1v) is 7.19. The molecule has 0 spiro atoms. The Labute approximate surface area is 119 Å². The molecule has 1 aromatic carbocycles. The minimum Gasteiger partial charge on any atom is -0.369 e. The maximum Gasteiger partial charge on any atom is 0.239 e. The van der Waals surface area contributed by atoms with Crippen LogP contribution in [0.5, 0.6) is 0 Å². The summed E-state index contributed by atoms with van der Waals surface area (Å²) in [7, 11) is 0. The number of nitrogens with one attached hydrogen (secondary N) is 1. The largest absolute Gasteiger partial charge is 0.369 e. The maximum atomic E-state index is 11.2. The van der Waals surface area contributed by atoms with E-state index in [0.717, 1.165) is 38.4 Å². The van der Waals surface area contributed by atoms with E-state index in [4.69, 9.17) is 11.6 Å². The molecule has 19 heavy (non-hydrogen) atoms. The number of piperazine rings is 1. The van der Waals surface area contributed by atoms with Crippen LogP contribution in [0.15, 0.2) is 24.3 Å². The summed E-state index contributed by atoms with van der Waals surface area (Å²) in [5.74, 6) is -0.188. The monoisotopic (exact) mass is 281 g/mol. The summed E-state index contributed by atoms with van der Waals surface area (Å²) in [5.41, 5.74) is 2.00. The number of hydrogen-bond donors (Lipinski definition) is 1. The number of alkyl halides is 1. The third kappa shape index (κ3) is 3.85. The molecule has 0 radical (unpaired) electrons. The number of amides is 1. The number of hydrogen-bond acceptors (Lipinski definition) is 3. The molecular weight excluding hydrogens is 262 g/mol. The highest BCUT2D eigenvalue weighted by molar-refractivity contribution is 6.29. The van der Waals surface area contributed by atoms with Crippen molar-refractivity contribution >= 4 is 28.9 Å². The molecule has 104 valence electrons. The predicted molar refractivity (Wildman–Crippen MR) is 80.1 cm³/mol. The summed E-state index contributed by atoms with van der Waals surface area (Å²) < 4.78 is 0. The second kappa shape index (κ2) is 6.78. The molecule has 5 heteroatoms. The van der Waals surface area contributed by atoms with Gasteiger partial charge in [-0.3, -0.25) is 4.79 Å². The Morgan fingerprint density at radius 3 is 2.37 bits per heavy atom.